The van der Waals surface area contributed by atoms with E-state index in [9.17, 15) is 4.79 Å². The van der Waals surface area contributed by atoms with Gasteiger partial charge in [-0.2, -0.15) is 0 Å². The number of hydrogen-bond donors (Lipinski definition) is 0. The van der Waals surface area contributed by atoms with Crippen LogP contribution in [0.25, 0.3) is 0 Å². The Hall–Kier alpha value is -1.43. The average Bonchev–Trinajstić information content (AvgIpc) is 2.56. The molecule has 2 rings (SSSR count). The molecule has 0 bridgehead atoms. The van der Waals surface area contributed by atoms with Crippen LogP contribution in [-0.2, 0) is 30.3 Å². The van der Waals surface area contributed by atoms with E-state index in [0.29, 0.717) is 13.2 Å². The summed E-state index contributed by atoms with van der Waals surface area (Å²) in [4.78, 5) is 12.0. The molecule has 5 heteroatoms. The zero-order valence-corrected chi connectivity index (χ0v) is 13.2. The van der Waals surface area contributed by atoms with Gasteiger partial charge < -0.3 is 18.9 Å². The van der Waals surface area contributed by atoms with Gasteiger partial charge in [-0.25, -0.2) is 4.79 Å². The minimum atomic E-state index is -0.730. The summed E-state index contributed by atoms with van der Waals surface area (Å²) in [5, 5.41) is 0. The molecule has 0 spiro atoms. The van der Waals surface area contributed by atoms with Gasteiger partial charge in [0.2, 0.25) is 0 Å². The summed E-state index contributed by atoms with van der Waals surface area (Å²) < 4.78 is 21.8. The molecular weight excluding hydrogens is 284 g/mol. The molecular formula is C17H24O5. The highest BCUT2D eigenvalue weighted by atomic mass is 16.7. The summed E-state index contributed by atoms with van der Waals surface area (Å²) in [6, 6.07) is 7.60. The number of benzene rings is 1. The number of ether oxygens (including phenoxy) is 4. The zero-order chi connectivity index (χ0) is 15.8. The molecule has 1 heterocycles. The van der Waals surface area contributed by atoms with E-state index >= 15 is 0 Å². The lowest BCUT2D eigenvalue weighted by Crippen LogP contribution is -2.23. The van der Waals surface area contributed by atoms with Crippen molar-refractivity contribution in [3.05, 3.63) is 35.4 Å². The van der Waals surface area contributed by atoms with Crippen molar-refractivity contribution in [1.82, 2.24) is 0 Å². The van der Waals surface area contributed by atoms with Crippen LogP contribution in [0.5, 0.6) is 0 Å². The van der Waals surface area contributed by atoms with Crippen LogP contribution in [0.1, 0.15) is 43.4 Å². The third-order valence-electron chi connectivity index (χ3n) is 3.64. The first-order chi connectivity index (χ1) is 10.8. The van der Waals surface area contributed by atoms with Crippen LogP contribution in [0.2, 0.25) is 0 Å². The maximum atomic E-state index is 12.0. The molecule has 1 aliphatic rings. The summed E-state index contributed by atoms with van der Waals surface area (Å²) in [5.74, 6) is -0.383. The van der Waals surface area contributed by atoms with Gasteiger partial charge in [-0.1, -0.05) is 24.3 Å². The first-order valence-corrected chi connectivity index (χ1v) is 7.76. The van der Waals surface area contributed by atoms with Crippen molar-refractivity contribution >= 4 is 5.97 Å². The molecule has 1 saturated heterocycles. The summed E-state index contributed by atoms with van der Waals surface area (Å²) in [5.41, 5.74) is 1.69. The van der Waals surface area contributed by atoms with Crippen molar-refractivity contribution in [3.63, 3.8) is 0 Å². The standard InChI is InChI=1S/C17H24O5/c1-3-20-17(18)16(19-2)14-9-5-4-8-13(14)12-22-15-10-6-7-11-21-15/h4-5,8-9,15-16H,3,6-7,10-12H2,1-2H3. The Balaban J connectivity index is 2.05. The van der Waals surface area contributed by atoms with Crippen molar-refractivity contribution in [3.8, 4) is 0 Å². The molecule has 1 aliphatic heterocycles. The van der Waals surface area contributed by atoms with Crippen LogP contribution in [0.3, 0.4) is 0 Å². The molecule has 122 valence electrons. The van der Waals surface area contributed by atoms with E-state index in [0.717, 1.165) is 37.0 Å². The molecule has 1 fully saturated rings. The summed E-state index contributed by atoms with van der Waals surface area (Å²) in [6.07, 6.45) is 2.23. The van der Waals surface area contributed by atoms with E-state index in [2.05, 4.69) is 0 Å². The number of carbonyl (C=O) groups excluding carboxylic acids is 1. The molecule has 5 nitrogen and oxygen atoms in total. The number of rotatable bonds is 7. The SMILES string of the molecule is CCOC(=O)C(OC)c1ccccc1COC1CCCCO1. The second-order valence-electron chi connectivity index (χ2n) is 5.17. The number of esters is 1. The van der Waals surface area contributed by atoms with Gasteiger partial charge >= 0.3 is 5.97 Å². The van der Waals surface area contributed by atoms with Gasteiger partial charge in [0.05, 0.1) is 13.2 Å². The third kappa shape index (κ3) is 4.53. The lowest BCUT2D eigenvalue weighted by Gasteiger charge is -2.24. The van der Waals surface area contributed by atoms with Crippen molar-refractivity contribution in [1.29, 1.82) is 0 Å². The second kappa shape index (κ2) is 8.88. The minimum absolute atomic E-state index is 0.162. The van der Waals surface area contributed by atoms with Gasteiger partial charge in [0.1, 0.15) is 0 Å². The molecule has 0 N–H and O–H groups in total. The van der Waals surface area contributed by atoms with Crippen molar-refractivity contribution in [2.75, 3.05) is 20.3 Å². The number of hydrogen-bond acceptors (Lipinski definition) is 5. The fourth-order valence-electron chi connectivity index (χ4n) is 2.51. The first kappa shape index (κ1) is 16.9. The van der Waals surface area contributed by atoms with Crippen LogP contribution in [0.15, 0.2) is 24.3 Å². The normalized spacial score (nSPS) is 19.6. The Kier molecular flexibility index (Phi) is 6.83. The average molecular weight is 308 g/mol. The third-order valence-corrected chi connectivity index (χ3v) is 3.64. The largest absolute Gasteiger partial charge is 0.464 e. The Morgan fingerprint density at radius 1 is 1.36 bits per heavy atom. The molecule has 0 saturated carbocycles. The van der Waals surface area contributed by atoms with Crippen LogP contribution in [0.4, 0.5) is 0 Å². The maximum Gasteiger partial charge on any atom is 0.339 e. The summed E-state index contributed by atoms with van der Waals surface area (Å²) >= 11 is 0. The minimum Gasteiger partial charge on any atom is -0.464 e. The fourth-order valence-corrected chi connectivity index (χ4v) is 2.51. The Bertz CT molecular complexity index is 468. The molecule has 22 heavy (non-hydrogen) atoms. The maximum absolute atomic E-state index is 12.0. The van der Waals surface area contributed by atoms with Crippen LogP contribution >= 0.6 is 0 Å². The van der Waals surface area contributed by atoms with Gasteiger partial charge in [-0.05, 0) is 37.3 Å². The Morgan fingerprint density at radius 3 is 2.86 bits per heavy atom. The van der Waals surface area contributed by atoms with Gasteiger partial charge in [0.25, 0.3) is 0 Å². The molecule has 0 aromatic heterocycles. The molecule has 2 atom stereocenters. The van der Waals surface area contributed by atoms with Gasteiger partial charge in [0, 0.05) is 13.7 Å². The summed E-state index contributed by atoms with van der Waals surface area (Å²) in [6.45, 7) is 3.24. The number of methoxy groups -OCH3 is 1. The predicted molar refractivity (Wildman–Crippen MR) is 81.2 cm³/mol. The molecule has 1 aromatic carbocycles. The second-order valence-corrected chi connectivity index (χ2v) is 5.17. The van der Waals surface area contributed by atoms with E-state index in [1.807, 2.05) is 24.3 Å². The van der Waals surface area contributed by atoms with Crippen LogP contribution in [0, 0.1) is 0 Å². The lowest BCUT2D eigenvalue weighted by atomic mass is 10.0. The predicted octanol–water partition coefficient (Wildman–Crippen LogP) is 2.98. The quantitative estimate of drug-likeness (QED) is 0.725. The van der Waals surface area contributed by atoms with Crippen molar-refractivity contribution < 1.29 is 23.7 Å². The van der Waals surface area contributed by atoms with Gasteiger partial charge in [-0.3, -0.25) is 0 Å². The summed E-state index contributed by atoms with van der Waals surface area (Å²) in [7, 11) is 1.50. The van der Waals surface area contributed by atoms with E-state index < -0.39 is 6.10 Å². The highest BCUT2D eigenvalue weighted by Crippen LogP contribution is 2.24. The topological polar surface area (TPSA) is 54.0 Å². The first-order valence-electron chi connectivity index (χ1n) is 7.76. The van der Waals surface area contributed by atoms with Gasteiger partial charge in [0.15, 0.2) is 12.4 Å². The molecule has 2 unspecified atom stereocenters. The zero-order valence-electron chi connectivity index (χ0n) is 13.2. The molecule has 1 aromatic rings. The van der Waals surface area contributed by atoms with Crippen molar-refractivity contribution in [2.45, 2.75) is 45.2 Å². The van der Waals surface area contributed by atoms with Crippen LogP contribution < -0.4 is 0 Å². The Morgan fingerprint density at radius 2 is 2.18 bits per heavy atom. The molecule has 0 amide bonds. The van der Waals surface area contributed by atoms with Crippen LogP contribution in [-0.4, -0.2) is 32.6 Å². The van der Waals surface area contributed by atoms with E-state index in [1.165, 1.54) is 7.11 Å². The van der Waals surface area contributed by atoms with Crippen molar-refractivity contribution in [2.24, 2.45) is 0 Å². The fraction of sp³-hybridized carbons (Fsp3) is 0.588. The van der Waals surface area contributed by atoms with E-state index in [4.69, 9.17) is 18.9 Å². The Labute approximate surface area is 131 Å². The smallest absolute Gasteiger partial charge is 0.339 e. The number of carbonyl (C=O) groups is 1. The van der Waals surface area contributed by atoms with Gasteiger partial charge in [-0.15, -0.1) is 0 Å². The lowest BCUT2D eigenvalue weighted by molar-refractivity contribution is -0.169. The molecule has 0 aliphatic carbocycles. The monoisotopic (exact) mass is 308 g/mol. The van der Waals surface area contributed by atoms with E-state index in [-0.39, 0.29) is 12.3 Å². The van der Waals surface area contributed by atoms with E-state index in [1.54, 1.807) is 6.92 Å². The highest BCUT2D eigenvalue weighted by molar-refractivity contribution is 5.77. The highest BCUT2D eigenvalue weighted by Gasteiger charge is 2.24. The molecule has 0 radical (unpaired) electrons.